The maximum atomic E-state index is 12.5. The minimum Gasteiger partial charge on any atom is -0.466 e. The van der Waals surface area contributed by atoms with E-state index < -0.39 is 12.1 Å². The van der Waals surface area contributed by atoms with E-state index in [4.69, 9.17) is 4.74 Å². The fourth-order valence-electron chi connectivity index (χ4n) is 9.79. The van der Waals surface area contributed by atoms with Crippen LogP contribution in [0.2, 0.25) is 0 Å². The summed E-state index contributed by atoms with van der Waals surface area (Å²) in [4.78, 5) is 24.5. The number of carbonyl (C=O) groups excluding carboxylic acids is 2. The highest BCUT2D eigenvalue weighted by molar-refractivity contribution is 5.76. The van der Waals surface area contributed by atoms with Crippen molar-refractivity contribution in [3.05, 3.63) is 36.5 Å². The van der Waals surface area contributed by atoms with Crippen molar-refractivity contribution in [2.24, 2.45) is 0 Å². The Morgan fingerprint density at radius 2 is 0.732 bits per heavy atom. The number of hydrogen-bond acceptors (Lipinski definition) is 5. The minimum atomic E-state index is -0.843. The van der Waals surface area contributed by atoms with Gasteiger partial charge in [-0.05, 0) is 57.8 Å². The number of amides is 1. The van der Waals surface area contributed by atoms with Gasteiger partial charge in [-0.1, -0.05) is 307 Å². The monoisotopic (exact) mass is 998 g/mol. The van der Waals surface area contributed by atoms with Gasteiger partial charge in [0.2, 0.25) is 5.91 Å². The Morgan fingerprint density at radius 1 is 0.394 bits per heavy atom. The van der Waals surface area contributed by atoms with Crippen LogP contribution in [0, 0.1) is 0 Å². The Labute approximate surface area is 443 Å². The largest absolute Gasteiger partial charge is 0.466 e. The second-order valence-electron chi connectivity index (χ2n) is 21.7. The molecule has 0 aliphatic heterocycles. The average molecular weight is 999 g/mol. The van der Waals surface area contributed by atoms with E-state index in [1.807, 2.05) is 6.08 Å². The van der Waals surface area contributed by atoms with E-state index in [1.54, 1.807) is 6.08 Å². The summed E-state index contributed by atoms with van der Waals surface area (Å²) in [6.45, 7) is 4.85. The fraction of sp³-hybridized carbons (Fsp3) is 0.877. The van der Waals surface area contributed by atoms with Gasteiger partial charge < -0.3 is 20.3 Å². The molecular formula is C65H123NO5. The summed E-state index contributed by atoms with van der Waals surface area (Å²) in [5, 5.41) is 23.2. The maximum absolute atomic E-state index is 12.5. The number of allylic oxidation sites excluding steroid dienone is 5. The molecule has 0 radical (unpaired) electrons. The molecule has 71 heavy (non-hydrogen) atoms. The molecule has 2 atom stereocenters. The van der Waals surface area contributed by atoms with Gasteiger partial charge in [-0.25, -0.2) is 0 Å². The zero-order valence-corrected chi connectivity index (χ0v) is 47.7. The van der Waals surface area contributed by atoms with E-state index in [0.29, 0.717) is 19.4 Å². The maximum Gasteiger partial charge on any atom is 0.305 e. The minimum absolute atomic E-state index is 0.000584. The van der Waals surface area contributed by atoms with Gasteiger partial charge in [0.15, 0.2) is 0 Å². The van der Waals surface area contributed by atoms with Crippen LogP contribution < -0.4 is 5.32 Å². The van der Waals surface area contributed by atoms with E-state index in [1.165, 1.54) is 263 Å². The van der Waals surface area contributed by atoms with Crippen molar-refractivity contribution in [1.82, 2.24) is 5.32 Å². The fourth-order valence-corrected chi connectivity index (χ4v) is 9.79. The second kappa shape index (κ2) is 60.6. The standard InChI is InChI=1S/C65H123NO5/c1-3-5-7-9-11-13-15-17-18-30-34-37-41-45-49-53-57-63(68)62(61-67)66-64(69)58-54-50-46-42-38-35-31-28-26-24-22-20-19-21-23-25-27-29-32-36-40-44-48-52-56-60-71-65(70)59-55-51-47-43-39-33-16-14-12-10-8-6-4-2/h8,10,14,16,53,57,62-63,67-68H,3-7,9,11-13,15,17-52,54-56,58-61H2,1-2H3,(H,66,69)/b10-8-,16-14-,57-53+. The third kappa shape index (κ3) is 57.2. The zero-order valence-electron chi connectivity index (χ0n) is 47.7. The van der Waals surface area contributed by atoms with Gasteiger partial charge in [0.1, 0.15) is 0 Å². The molecule has 0 aliphatic rings. The smallest absolute Gasteiger partial charge is 0.305 e. The SMILES string of the molecule is CCC/C=C\C/C=C\CCCCCCCC(=O)OCCCCCCCCCCCCCCCCCCCCCCCCCCCC(=O)NC(CO)C(O)/C=C/CCCCCCCCCCCCCCCC. The number of aliphatic hydroxyl groups is 2. The van der Waals surface area contributed by atoms with Gasteiger partial charge in [-0.3, -0.25) is 9.59 Å². The Balaban J connectivity index is 3.39. The molecule has 0 spiro atoms. The van der Waals surface area contributed by atoms with Gasteiger partial charge in [-0.15, -0.1) is 0 Å². The Kier molecular flexibility index (Phi) is 59.0. The van der Waals surface area contributed by atoms with E-state index >= 15 is 0 Å². The van der Waals surface area contributed by atoms with Crippen LogP contribution in [0.25, 0.3) is 0 Å². The van der Waals surface area contributed by atoms with E-state index in [2.05, 4.69) is 43.5 Å². The summed E-state index contributed by atoms with van der Waals surface area (Å²) in [6.07, 6.45) is 76.2. The first-order valence-electron chi connectivity index (χ1n) is 31.8. The Hall–Kier alpha value is -1.92. The molecule has 0 saturated carbocycles. The van der Waals surface area contributed by atoms with Crippen LogP contribution in [0.1, 0.15) is 341 Å². The van der Waals surface area contributed by atoms with Crippen molar-refractivity contribution in [2.75, 3.05) is 13.2 Å². The van der Waals surface area contributed by atoms with Crippen LogP contribution in [0.5, 0.6) is 0 Å². The molecule has 0 rings (SSSR count). The molecule has 1 amide bonds. The average Bonchev–Trinajstić information content (AvgIpc) is 3.37. The lowest BCUT2D eigenvalue weighted by Gasteiger charge is -2.20. The molecule has 6 heteroatoms. The molecule has 0 heterocycles. The highest BCUT2D eigenvalue weighted by Gasteiger charge is 2.18. The first-order chi connectivity index (χ1) is 35.0. The van der Waals surface area contributed by atoms with Crippen molar-refractivity contribution in [3.63, 3.8) is 0 Å². The summed E-state index contributed by atoms with van der Waals surface area (Å²) in [5.74, 6) is -0.0640. The first-order valence-corrected chi connectivity index (χ1v) is 31.8. The molecule has 418 valence electrons. The predicted octanol–water partition coefficient (Wildman–Crippen LogP) is 20.0. The molecule has 0 aliphatic carbocycles. The van der Waals surface area contributed by atoms with Crippen LogP contribution in [0.15, 0.2) is 36.5 Å². The van der Waals surface area contributed by atoms with Crippen LogP contribution in [0.4, 0.5) is 0 Å². The van der Waals surface area contributed by atoms with Crippen molar-refractivity contribution in [1.29, 1.82) is 0 Å². The third-order valence-corrected chi connectivity index (χ3v) is 14.6. The quantitative estimate of drug-likeness (QED) is 0.0321. The van der Waals surface area contributed by atoms with Gasteiger partial charge >= 0.3 is 5.97 Å². The Morgan fingerprint density at radius 3 is 1.13 bits per heavy atom. The molecule has 0 saturated heterocycles. The van der Waals surface area contributed by atoms with Crippen molar-refractivity contribution < 1.29 is 24.5 Å². The van der Waals surface area contributed by atoms with Gasteiger partial charge in [0.05, 0.1) is 25.4 Å². The Bertz CT molecular complexity index is 1150. The van der Waals surface area contributed by atoms with Crippen LogP contribution in [0.3, 0.4) is 0 Å². The summed E-state index contributed by atoms with van der Waals surface area (Å²) in [5.41, 5.74) is 0. The summed E-state index contributed by atoms with van der Waals surface area (Å²) in [6, 6.07) is -0.627. The third-order valence-electron chi connectivity index (χ3n) is 14.6. The number of hydrogen-bond donors (Lipinski definition) is 3. The number of rotatable bonds is 59. The molecule has 6 nitrogen and oxygen atoms in total. The van der Waals surface area contributed by atoms with Crippen molar-refractivity contribution in [2.45, 2.75) is 353 Å². The van der Waals surface area contributed by atoms with Crippen molar-refractivity contribution >= 4 is 11.9 Å². The van der Waals surface area contributed by atoms with E-state index in [9.17, 15) is 19.8 Å². The highest BCUT2D eigenvalue weighted by Crippen LogP contribution is 2.18. The van der Waals surface area contributed by atoms with Gasteiger partial charge in [0.25, 0.3) is 0 Å². The molecule has 0 aromatic heterocycles. The van der Waals surface area contributed by atoms with Gasteiger partial charge in [0, 0.05) is 12.8 Å². The lowest BCUT2D eigenvalue weighted by Crippen LogP contribution is -2.45. The lowest BCUT2D eigenvalue weighted by atomic mass is 10.0. The number of aliphatic hydroxyl groups excluding tert-OH is 2. The van der Waals surface area contributed by atoms with Crippen LogP contribution >= 0.6 is 0 Å². The topological polar surface area (TPSA) is 95.9 Å². The molecule has 3 N–H and O–H groups in total. The normalized spacial score (nSPS) is 12.8. The van der Waals surface area contributed by atoms with Crippen LogP contribution in [-0.4, -0.2) is 47.4 Å². The lowest BCUT2D eigenvalue weighted by molar-refractivity contribution is -0.143. The molecule has 2 unspecified atom stereocenters. The number of esters is 1. The molecule has 0 aromatic carbocycles. The number of unbranched alkanes of at least 4 members (excludes halogenated alkanes) is 44. The van der Waals surface area contributed by atoms with Crippen LogP contribution in [-0.2, 0) is 14.3 Å². The summed E-state index contributed by atoms with van der Waals surface area (Å²) < 4.78 is 5.47. The van der Waals surface area contributed by atoms with E-state index in [0.717, 1.165) is 51.4 Å². The highest BCUT2D eigenvalue weighted by atomic mass is 16.5. The zero-order chi connectivity index (χ0) is 51.4. The first kappa shape index (κ1) is 69.1. The number of nitrogens with one attached hydrogen (secondary N) is 1. The second-order valence-corrected chi connectivity index (χ2v) is 21.7. The van der Waals surface area contributed by atoms with Gasteiger partial charge in [-0.2, -0.15) is 0 Å². The summed E-state index contributed by atoms with van der Waals surface area (Å²) in [7, 11) is 0. The molecule has 0 fully saturated rings. The number of carbonyl (C=O) groups is 2. The number of ether oxygens (including phenoxy) is 1. The molecule has 0 aromatic rings. The van der Waals surface area contributed by atoms with Crippen molar-refractivity contribution in [3.8, 4) is 0 Å². The predicted molar refractivity (Wildman–Crippen MR) is 310 cm³/mol. The molecular weight excluding hydrogens is 875 g/mol. The summed E-state index contributed by atoms with van der Waals surface area (Å²) >= 11 is 0. The molecule has 0 bridgehead atoms. The van der Waals surface area contributed by atoms with E-state index in [-0.39, 0.29) is 18.5 Å².